The highest BCUT2D eigenvalue weighted by Gasteiger charge is 2.24. The van der Waals surface area contributed by atoms with Gasteiger partial charge in [-0.1, -0.05) is 26.8 Å². The molecule has 0 bridgehead atoms. The lowest BCUT2D eigenvalue weighted by Gasteiger charge is -2.21. The Balaban J connectivity index is 2.20. The Morgan fingerprint density at radius 1 is 1.13 bits per heavy atom. The number of nitrogens with one attached hydrogen (secondary N) is 1. The van der Waals surface area contributed by atoms with Crippen molar-refractivity contribution in [2.45, 2.75) is 48.1 Å². The maximum Gasteiger partial charge on any atom is 0.264 e. The van der Waals surface area contributed by atoms with Crippen molar-refractivity contribution in [3.63, 3.8) is 0 Å². The van der Waals surface area contributed by atoms with Crippen molar-refractivity contribution >= 4 is 28.2 Å². The van der Waals surface area contributed by atoms with Crippen LogP contribution in [0.15, 0.2) is 24.3 Å². The lowest BCUT2D eigenvalue weighted by molar-refractivity contribution is -0.123. The number of rotatable bonds is 8. The van der Waals surface area contributed by atoms with E-state index in [-0.39, 0.29) is 11.8 Å². The van der Waals surface area contributed by atoms with Gasteiger partial charge >= 0.3 is 0 Å². The quantitative estimate of drug-likeness (QED) is 0.629. The topological polar surface area (TPSA) is 67.9 Å². The molecule has 0 radical (unpaired) electrons. The summed E-state index contributed by atoms with van der Waals surface area (Å²) < 4.78 is 11.0. The second-order valence-electron chi connectivity index (χ2n) is 8.06. The molecular weight excluding hydrogens is 400 g/mol. The van der Waals surface area contributed by atoms with Crippen molar-refractivity contribution in [2.24, 2.45) is 5.41 Å². The molecule has 0 fully saturated rings. The number of hydrogen-bond acceptors (Lipinski definition) is 5. The molecule has 0 aliphatic carbocycles. The van der Waals surface area contributed by atoms with Gasteiger partial charge in [-0.25, -0.2) is 0 Å². The molecule has 0 saturated carbocycles. The van der Waals surface area contributed by atoms with Gasteiger partial charge in [-0.3, -0.25) is 9.59 Å². The van der Waals surface area contributed by atoms with Gasteiger partial charge in [0.1, 0.15) is 0 Å². The SMILES string of the molecule is CCOc1ccc(CN(CC)C(=O)c2sc(NC(=O)C(C)(C)C)cc2C)cc1OC. The van der Waals surface area contributed by atoms with Crippen molar-refractivity contribution in [1.29, 1.82) is 0 Å². The Labute approximate surface area is 183 Å². The molecule has 0 spiro atoms. The number of carbonyl (C=O) groups is 2. The highest BCUT2D eigenvalue weighted by molar-refractivity contribution is 7.18. The summed E-state index contributed by atoms with van der Waals surface area (Å²) in [6, 6.07) is 7.57. The van der Waals surface area contributed by atoms with Gasteiger partial charge < -0.3 is 19.7 Å². The van der Waals surface area contributed by atoms with Crippen LogP contribution < -0.4 is 14.8 Å². The van der Waals surface area contributed by atoms with E-state index in [1.165, 1.54) is 11.3 Å². The van der Waals surface area contributed by atoms with Crippen molar-refractivity contribution in [3.05, 3.63) is 40.3 Å². The first-order valence-corrected chi connectivity index (χ1v) is 10.9. The van der Waals surface area contributed by atoms with Crippen LogP contribution in [0, 0.1) is 12.3 Å². The lowest BCUT2D eigenvalue weighted by Crippen LogP contribution is -2.30. The summed E-state index contributed by atoms with van der Waals surface area (Å²) in [7, 11) is 1.60. The minimum atomic E-state index is -0.496. The zero-order chi connectivity index (χ0) is 22.5. The second kappa shape index (κ2) is 9.98. The standard InChI is InChI=1S/C23H32N2O4S/c1-8-25(14-16-10-11-17(29-9-2)18(13-16)28-7)21(26)20-15(3)12-19(30-20)24-22(27)23(4,5)6/h10-13H,8-9,14H2,1-7H3,(H,24,27). The van der Waals surface area contributed by atoms with Gasteiger partial charge in [-0.2, -0.15) is 0 Å². The third-order valence-electron chi connectivity index (χ3n) is 4.60. The van der Waals surface area contributed by atoms with Crippen molar-refractivity contribution in [2.75, 3.05) is 25.6 Å². The van der Waals surface area contributed by atoms with Gasteiger partial charge in [0.05, 0.1) is 23.6 Å². The first-order valence-electron chi connectivity index (χ1n) is 10.1. The number of ether oxygens (including phenoxy) is 2. The molecule has 2 amide bonds. The van der Waals surface area contributed by atoms with Crippen LogP contribution in [0.2, 0.25) is 0 Å². The summed E-state index contributed by atoms with van der Waals surface area (Å²) >= 11 is 1.32. The van der Waals surface area contributed by atoms with E-state index >= 15 is 0 Å². The third kappa shape index (κ3) is 5.75. The fourth-order valence-electron chi connectivity index (χ4n) is 2.83. The lowest BCUT2D eigenvalue weighted by atomic mass is 9.96. The van der Waals surface area contributed by atoms with Crippen LogP contribution in [0.4, 0.5) is 5.00 Å². The number of amides is 2. The van der Waals surface area contributed by atoms with Gasteiger partial charge in [-0.05, 0) is 50.1 Å². The van der Waals surface area contributed by atoms with E-state index in [2.05, 4.69) is 5.32 Å². The van der Waals surface area contributed by atoms with Crippen LogP contribution >= 0.6 is 11.3 Å². The molecule has 0 saturated heterocycles. The first kappa shape index (κ1) is 23.7. The summed E-state index contributed by atoms with van der Waals surface area (Å²) in [6.45, 7) is 12.9. The number of hydrogen-bond donors (Lipinski definition) is 1. The number of thiophene rings is 1. The van der Waals surface area contributed by atoms with Crippen LogP contribution in [-0.2, 0) is 11.3 Å². The van der Waals surface area contributed by atoms with Crippen LogP contribution in [0.3, 0.4) is 0 Å². The largest absolute Gasteiger partial charge is 0.493 e. The molecule has 0 aliphatic heterocycles. The first-order chi connectivity index (χ1) is 14.1. The molecule has 1 aromatic heterocycles. The van der Waals surface area contributed by atoms with E-state index in [9.17, 15) is 9.59 Å². The van der Waals surface area contributed by atoms with E-state index in [0.717, 1.165) is 11.1 Å². The summed E-state index contributed by atoms with van der Waals surface area (Å²) in [5.74, 6) is 1.21. The Hall–Kier alpha value is -2.54. The Kier molecular flexibility index (Phi) is 7.89. The molecule has 1 aromatic carbocycles. The predicted molar refractivity (Wildman–Crippen MR) is 122 cm³/mol. The summed E-state index contributed by atoms with van der Waals surface area (Å²) in [5.41, 5.74) is 1.32. The van der Waals surface area contributed by atoms with Gasteiger partial charge in [0, 0.05) is 18.5 Å². The van der Waals surface area contributed by atoms with Crippen LogP contribution in [-0.4, -0.2) is 37.0 Å². The molecule has 0 aliphatic rings. The molecule has 0 atom stereocenters. The highest BCUT2D eigenvalue weighted by atomic mass is 32.1. The zero-order valence-corrected chi connectivity index (χ0v) is 19.7. The maximum atomic E-state index is 13.2. The van der Waals surface area contributed by atoms with Crippen LogP contribution in [0.5, 0.6) is 11.5 Å². The molecule has 164 valence electrons. The van der Waals surface area contributed by atoms with Gasteiger partial charge in [0.15, 0.2) is 11.5 Å². The normalized spacial score (nSPS) is 11.2. The smallest absolute Gasteiger partial charge is 0.264 e. The predicted octanol–water partition coefficient (Wildman–Crippen LogP) is 5.11. The second-order valence-corrected chi connectivity index (χ2v) is 9.12. The van der Waals surface area contributed by atoms with E-state index < -0.39 is 5.41 Å². The fourth-order valence-corrected chi connectivity index (χ4v) is 3.87. The summed E-state index contributed by atoms with van der Waals surface area (Å²) in [5, 5.41) is 3.61. The molecule has 1 N–H and O–H groups in total. The number of nitrogens with zero attached hydrogens (tertiary/aromatic N) is 1. The average molecular weight is 433 g/mol. The molecular formula is C23H32N2O4S. The Morgan fingerprint density at radius 2 is 1.83 bits per heavy atom. The molecule has 7 heteroatoms. The monoisotopic (exact) mass is 432 g/mol. The number of aryl methyl sites for hydroxylation is 1. The van der Waals surface area contributed by atoms with Crippen molar-refractivity contribution in [1.82, 2.24) is 4.90 Å². The summed E-state index contributed by atoms with van der Waals surface area (Å²) in [6.07, 6.45) is 0. The number of carbonyl (C=O) groups excluding carboxylic acids is 2. The zero-order valence-electron chi connectivity index (χ0n) is 18.9. The highest BCUT2D eigenvalue weighted by Crippen LogP contribution is 2.31. The van der Waals surface area contributed by atoms with Crippen LogP contribution in [0.1, 0.15) is 55.4 Å². The number of anilines is 1. The average Bonchev–Trinajstić information content (AvgIpc) is 3.06. The van der Waals surface area contributed by atoms with E-state index in [4.69, 9.17) is 9.47 Å². The minimum absolute atomic E-state index is 0.0518. The van der Waals surface area contributed by atoms with Crippen LogP contribution in [0.25, 0.3) is 0 Å². The van der Waals surface area contributed by atoms with Gasteiger partial charge in [-0.15, -0.1) is 11.3 Å². The van der Waals surface area contributed by atoms with Gasteiger partial charge in [0.25, 0.3) is 5.91 Å². The van der Waals surface area contributed by atoms with Gasteiger partial charge in [0.2, 0.25) is 5.91 Å². The third-order valence-corrected chi connectivity index (χ3v) is 5.74. The van der Waals surface area contributed by atoms with Crippen molar-refractivity contribution < 1.29 is 19.1 Å². The maximum absolute atomic E-state index is 13.2. The molecule has 2 aromatic rings. The number of benzene rings is 1. The molecule has 0 unspecified atom stereocenters. The Bertz CT molecular complexity index is 899. The van der Waals surface area contributed by atoms with E-state index in [1.807, 2.05) is 65.8 Å². The summed E-state index contributed by atoms with van der Waals surface area (Å²) in [4.78, 5) is 27.9. The number of methoxy groups -OCH3 is 1. The Morgan fingerprint density at radius 3 is 2.40 bits per heavy atom. The molecule has 30 heavy (non-hydrogen) atoms. The molecule has 2 rings (SSSR count). The van der Waals surface area contributed by atoms with E-state index in [0.29, 0.717) is 41.1 Å². The molecule has 1 heterocycles. The molecule has 6 nitrogen and oxygen atoms in total. The minimum Gasteiger partial charge on any atom is -0.493 e. The van der Waals surface area contributed by atoms with Crippen molar-refractivity contribution in [3.8, 4) is 11.5 Å². The van der Waals surface area contributed by atoms with E-state index in [1.54, 1.807) is 12.0 Å². The fraction of sp³-hybridized carbons (Fsp3) is 0.478.